The molecule has 0 aliphatic rings. The zero-order chi connectivity index (χ0) is 16.0. The van der Waals surface area contributed by atoms with E-state index in [9.17, 15) is 4.79 Å². The van der Waals surface area contributed by atoms with Gasteiger partial charge in [-0.25, -0.2) is 0 Å². The number of anilines is 2. The van der Waals surface area contributed by atoms with Crippen LogP contribution in [0.25, 0.3) is 0 Å². The van der Waals surface area contributed by atoms with Gasteiger partial charge in [0.1, 0.15) is 0 Å². The van der Waals surface area contributed by atoms with Crippen LogP contribution in [-0.2, 0) is 0 Å². The molecule has 0 saturated heterocycles. The van der Waals surface area contributed by atoms with Gasteiger partial charge >= 0.3 is 0 Å². The maximum absolute atomic E-state index is 12.1. The summed E-state index contributed by atoms with van der Waals surface area (Å²) < 4.78 is 0. The molecule has 118 valence electrons. The summed E-state index contributed by atoms with van der Waals surface area (Å²) in [6.45, 7) is 5.96. The van der Waals surface area contributed by atoms with Gasteiger partial charge in [0.05, 0.1) is 11.4 Å². The van der Waals surface area contributed by atoms with Crippen LogP contribution < -0.4 is 16.0 Å². The molecule has 0 bridgehead atoms. The van der Waals surface area contributed by atoms with Crippen molar-refractivity contribution in [1.82, 2.24) is 10.2 Å². The van der Waals surface area contributed by atoms with E-state index in [1.807, 2.05) is 25.1 Å². The molecule has 0 aliphatic carbocycles. The first kappa shape index (κ1) is 17.3. The van der Waals surface area contributed by atoms with E-state index in [2.05, 4.69) is 31.1 Å². The van der Waals surface area contributed by atoms with Crippen LogP contribution in [0.1, 0.15) is 30.6 Å². The first-order valence-corrected chi connectivity index (χ1v) is 7.38. The molecule has 1 amide bonds. The Morgan fingerprint density at radius 1 is 1.29 bits per heavy atom. The third-order valence-electron chi connectivity index (χ3n) is 3.63. The van der Waals surface area contributed by atoms with Crippen LogP contribution in [0, 0.1) is 0 Å². The molecule has 3 N–H and O–H groups in total. The van der Waals surface area contributed by atoms with E-state index in [-0.39, 0.29) is 5.91 Å². The number of carbonyl (C=O) groups excluding carboxylic acids is 1. The predicted molar refractivity (Wildman–Crippen MR) is 89.9 cm³/mol. The standard InChI is InChI=1S/C16H28N4O/c1-12(2)20(5)10-6-9-18-16(21)13-7-8-15(19(3)4)14(17)11-13/h7-8,11-12H,6,9-10,17H2,1-5H3,(H,18,21). The molecule has 1 aromatic carbocycles. The van der Waals surface area contributed by atoms with Gasteiger partial charge in [0.2, 0.25) is 0 Å². The highest BCUT2D eigenvalue weighted by molar-refractivity contribution is 5.96. The van der Waals surface area contributed by atoms with Crippen LogP contribution in [0.15, 0.2) is 18.2 Å². The van der Waals surface area contributed by atoms with Gasteiger partial charge in [-0.2, -0.15) is 0 Å². The Morgan fingerprint density at radius 2 is 1.95 bits per heavy atom. The average Bonchev–Trinajstić information content (AvgIpc) is 2.42. The molecule has 1 aromatic rings. The molecule has 0 unspecified atom stereocenters. The molecule has 0 fully saturated rings. The fourth-order valence-electron chi connectivity index (χ4n) is 1.99. The molecule has 5 nitrogen and oxygen atoms in total. The Bertz CT molecular complexity index is 471. The van der Waals surface area contributed by atoms with Crippen molar-refractivity contribution in [2.24, 2.45) is 0 Å². The number of nitrogens with two attached hydrogens (primary N) is 1. The zero-order valence-corrected chi connectivity index (χ0v) is 13.8. The summed E-state index contributed by atoms with van der Waals surface area (Å²) >= 11 is 0. The van der Waals surface area contributed by atoms with Crippen molar-refractivity contribution in [2.45, 2.75) is 26.3 Å². The lowest BCUT2D eigenvalue weighted by atomic mass is 10.1. The molecule has 0 aliphatic heterocycles. The van der Waals surface area contributed by atoms with Crippen molar-refractivity contribution < 1.29 is 4.79 Å². The maximum atomic E-state index is 12.1. The van der Waals surface area contributed by atoms with Crippen LogP contribution in [0.3, 0.4) is 0 Å². The number of nitrogen functional groups attached to an aromatic ring is 1. The smallest absolute Gasteiger partial charge is 0.251 e. The monoisotopic (exact) mass is 292 g/mol. The predicted octanol–water partition coefficient (Wildman–Crippen LogP) is 1.79. The van der Waals surface area contributed by atoms with Gasteiger partial charge in [0, 0.05) is 32.2 Å². The fraction of sp³-hybridized carbons (Fsp3) is 0.562. The van der Waals surface area contributed by atoms with Crippen LogP contribution in [0.4, 0.5) is 11.4 Å². The van der Waals surface area contributed by atoms with Gasteiger partial charge in [0.25, 0.3) is 5.91 Å². The first-order valence-electron chi connectivity index (χ1n) is 7.38. The quantitative estimate of drug-likeness (QED) is 0.594. The minimum absolute atomic E-state index is 0.0702. The third-order valence-corrected chi connectivity index (χ3v) is 3.63. The molecule has 1 rings (SSSR count). The van der Waals surface area contributed by atoms with Crippen LogP contribution in [0.2, 0.25) is 0 Å². The number of nitrogens with one attached hydrogen (secondary N) is 1. The molecular formula is C16H28N4O. The molecule has 0 heterocycles. The molecule has 0 radical (unpaired) electrons. The lowest BCUT2D eigenvalue weighted by molar-refractivity contribution is 0.0951. The largest absolute Gasteiger partial charge is 0.397 e. The van der Waals surface area contributed by atoms with Crippen LogP contribution in [0.5, 0.6) is 0 Å². The average molecular weight is 292 g/mol. The summed E-state index contributed by atoms with van der Waals surface area (Å²) in [4.78, 5) is 16.3. The van der Waals surface area contributed by atoms with E-state index < -0.39 is 0 Å². The van der Waals surface area contributed by atoms with Crippen molar-refractivity contribution in [3.8, 4) is 0 Å². The van der Waals surface area contributed by atoms with Gasteiger partial charge in [0.15, 0.2) is 0 Å². The van der Waals surface area contributed by atoms with Crippen LogP contribution >= 0.6 is 0 Å². The number of nitrogens with zero attached hydrogens (tertiary/aromatic N) is 2. The summed E-state index contributed by atoms with van der Waals surface area (Å²) in [5.41, 5.74) is 8.11. The second kappa shape index (κ2) is 7.88. The van der Waals surface area contributed by atoms with Crippen molar-refractivity contribution in [3.05, 3.63) is 23.8 Å². The summed E-state index contributed by atoms with van der Waals surface area (Å²) in [6, 6.07) is 5.93. The molecule has 5 heteroatoms. The Morgan fingerprint density at radius 3 is 2.48 bits per heavy atom. The van der Waals surface area contributed by atoms with E-state index in [4.69, 9.17) is 5.73 Å². The lowest BCUT2D eigenvalue weighted by Crippen LogP contribution is -2.31. The highest BCUT2D eigenvalue weighted by Crippen LogP contribution is 2.22. The van der Waals surface area contributed by atoms with Crippen molar-refractivity contribution in [3.63, 3.8) is 0 Å². The van der Waals surface area contributed by atoms with E-state index in [1.54, 1.807) is 12.1 Å². The number of rotatable bonds is 7. The van der Waals surface area contributed by atoms with Crippen LogP contribution in [-0.4, -0.2) is 51.1 Å². The van der Waals surface area contributed by atoms with Gasteiger partial charge in [-0.15, -0.1) is 0 Å². The number of amides is 1. The number of hydrogen-bond donors (Lipinski definition) is 2. The normalized spacial score (nSPS) is 11.0. The highest BCUT2D eigenvalue weighted by atomic mass is 16.1. The Kier molecular flexibility index (Phi) is 6.49. The molecule has 0 atom stereocenters. The van der Waals surface area contributed by atoms with E-state index >= 15 is 0 Å². The van der Waals surface area contributed by atoms with Gasteiger partial charge in [-0.1, -0.05) is 0 Å². The van der Waals surface area contributed by atoms with E-state index in [1.165, 1.54) is 0 Å². The second-order valence-corrected chi connectivity index (χ2v) is 5.85. The summed E-state index contributed by atoms with van der Waals surface area (Å²) in [6.07, 6.45) is 0.936. The molecule has 21 heavy (non-hydrogen) atoms. The van der Waals surface area contributed by atoms with Crippen molar-refractivity contribution >= 4 is 17.3 Å². The number of hydrogen-bond acceptors (Lipinski definition) is 4. The molecule has 0 spiro atoms. The first-order chi connectivity index (χ1) is 9.82. The molecular weight excluding hydrogens is 264 g/mol. The highest BCUT2D eigenvalue weighted by Gasteiger charge is 2.09. The Labute approximate surface area is 128 Å². The Balaban J connectivity index is 2.48. The van der Waals surface area contributed by atoms with Crippen molar-refractivity contribution in [2.75, 3.05) is 44.9 Å². The topological polar surface area (TPSA) is 61.6 Å². The zero-order valence-electron chi connectivity index (χ0n) is 13.8. The summed E-state index contributed by atoms with van der Waals surface area (Å²) in [7, 11) is 5.94. The maximum Gasteiger partial charge on any atom is 0.251 e. The van der Waals surface area contributed by atoms with Gasteiger partial charge in [-0.3, -0.25) is 4.79 Å². The molecule has 0 saturated carbocycles. The number of benzene rings is 1. The van der Waals surface area contributed by atoms with Crippen molar-refractivity contribution in [1.29, 1.82) is 0 Å². The lowest BCUT2D eigenvalue weighted by Gasteiger charge is -2.20. The summed E-state index contributed by atoms with van der Waals surface area (Å²) in [5.74, 6) is -0.0702. The summed E-state index contributed by atoms with van der Waals surface area (Å²) in [5, 5.41) is 2.93. The van der Waals surface area contributed by atoms with Gasteiger partial charge in [-0.05, 0) is 52.1 Å². The fourth-order valence-corrected chi connectivity index (χ4v) is 1.99. The minimum atomic E-state index is -0.0702. The van der Waals surface area contributed by atoms with Gasteiger partial charge < -0.3 is 20.9 Å². The second-order valence-electron chi connectivity index (χ2n) is 5.85. The third kappa shape index (κ3) is 5.27. The Hall–Kier alpha value is -1.75. The van der Waals surface area contributed by atoms with E-state index in [0.29, 0.717) is 23.8 Å². The minimum Gasteiger partial charge on any atom is -0.397 e. The number of carbonyl (C=O) groups is 1. The SMILES string of the molecule is CC(C)N(C)CCCNC(=O)c1ccc(N(C)C)c(N)c1. The van der Waals surface area contributed by atoms with E-state index in [0.717, 1.165) is 18.7 Å². The molecule has 0 aromatic heterocycles.